The maximum atomic E-state index is 12.8. The van der Waals surface area contributed by atoms with Crippen LogP contribution in [0, 0.1) is 17.3 Å². The van der Waals surface area contributed by atoms with Gasteiger partial charge in [0.25, 0.3) is 5.91 Å². The molecular formula is C19H27N3O2. The minimum Gasteiger partial charge on any atom is -0.299 e. The Balaban J connectivity index is 1.88. The molecule has 0 aromatic carbocycles. The van der Waals surface area contributed by atoms with Crippen molar-refractivity contribution in [1.29, 1.82) is 0 Å². The maximum absolute atomic E-state index is 12.8. The van der Waals surface area contributed by atoms with E-state index >= 15 is 0 Å². The number of nitrogens with one attached hydrogen (secondary N) is 2. The topological polar surface area (TPSA) is 71.1 Å². The molecule has 0 spiro atoms. The summed E-state index contributed by atoms with van der Waals surface area (Å²) < 4.78 is 0. The van der Waals surface area contributed by atoms with E-state index < -0.39 is 0 Å². The van der Waals surface area contributed by atoms with Crippen molar-refractivity contribution in [3.8, 4) is 0 Å². The molecule has 24 heavy (non-hydrogen) atoms. The van der Waals surface area contributed by atoms with Crippen LogP contribution in [-0.2, 0) is 4.79 Å². The minimum absolute atomic E-state index is 0.0163. The Labute approximate surface area is 143 Å². The smallest absolute Gasteiger partial charge is 0.265 e. The molecule has 1 heterocycles. The van der Waals surface area contributed by atoms with E-state index in [-0.39, 0.29) is 35.0 Å². The van der Waals surface area contributed by atoms with Gasteiger partial charge >= 0.3 is 0 Å². The van der Waals surface area contributed by atoms with Crippen molar-refractivity contribution >= 4 is 11.7 Å². The first kappa shape index (κ1) is 18.3. The van der Waals surface area contributed by atoms with Gasteiger partial charge in [-0.1, -0.05) is 32.9 Å². The van der Waals surface area contributed by atoms with Crippen molar-refractivity contribution in [3.05, 3.63) is 42.2 Å². The summed E-state index contributed by atoms with van der Waals surface area (Å²) in [6.45, 7) is 8.31. The number of carbonyl (C=O) groups is 2. The van der Waals surface area contributed by atoms with Crippen LogP contribution < -0.4 is 10.9 Å². The van der Waals surface area contributed by atoms with Gasteiger partial charge in [-0.3, -0.25) is 20.0 Å². The van der Waals surface area contributed by atoms with Crippen molar-refractivity contribution in [1.82, 2.24) is 15.8 Å². The van der Waals surface area contributed by atoms with Gasteiger partial charge in [-0.2, -0.15) is 0 Å². The van der Waals surface area contributed by atoms with Crippen LogP contribution in [0.2, 0.25) is 0 Å². The Kier molecular flexibility index (Phi) is 5.89. The Bertz CT molecular complexity index is 610. The highest BCUT2D eigenvalue weighted by Crippen LogP contribution is 2.41. The Hall–Kier alpha value is -2.01. The average molecular weight is 329 g/mol. The van der Waals surface area contributed by atoms with Gasteiger partial charge in [0.2, 0.25) is 0 Å². The number of ketones is 1. The standard InChI is InChI=1S/C19H27N3O2/c1-13-6-5-9-19(3,4)17(13)16(23)12-14(2)21-22-18(24)15-7-10-20-11-8-15/h5-8,10-11,13-14,17,21H,9,12H2,1-4H3,(H,22,24)/t13-,14-,17-/m0/s1. The SMILES string of the molecule is C[C@@H](CC(=O)[C@@H]1[C@@H](C)C=CCC1(C)C)NNC(=O)c1ccncc1. The number of pyridine rings is 1. The number of aromatic nitrogens is 1. The highest BCUT2D eigenvalue weighted by atomic mass is 16.2. The Morgan fingerprint density at radius 1 is 1.33 bits per heavy atom. The highest BCUT2D eigenvalue weighted by Gasteiger charge is 2.39. The Morgan fingerprint density at radius 3 is 2.62 bits per heavy atom. The fraction of sp³-hybridized carbons (Fsp3) is 0.526. The van der Waals surface area contributed by atoms with Gasteiger partial charge in [0.15, 0.2) is 0 Å². The molecule has 1 aliphatic carbocycles. The van der Waals surface area contributed by atoms with Crippen LogP contribution in [0.4, 0.5) is 0 Å². The van der Waals surface area contributed by atoms with E-state index in [1.54, 1.807) is 24.5 Å². The van der Waals surface area contributed by atoms with E-state index in [1.807, 2.05) is 6.92 Å². The van der Waals surface area contributed by atoms with Gasteiger partial charge in [0.05, 0.1) is 0 Å². The van der Waals surface area contributed by atoms with E-state index in [1.165, 1.54) is 0 Å². The molecule has 1 aromatic heterocycles. The molecule has 130 valence electrons. The number of carbonyl (C=O) groups excluding carboxylic acids is 2. The van der Waals surface area contributed by atoms with Crippen molar-refractivity contribution < 1.29 is 9.59 Å². The van der Waals surface area contributed by atoms with E-state index in [0.717, 1.165) is 6.42 Å². The molecule has 0 saturated carbocycles. The lowest BCUT2D eigenvalue weighted by Gasteiger charge is -2.39. The number of allylic oxidation sites excluding steroid dienone is 2. The molecule has 0 fully saturated rings. The fourth-order valence-corrected chi connectivity index (χ4v) is 3.51. The summed E-state index contributed by atoms with van der Waals surface area (Å²) in [5.41, 5.74) is 6.10. The molecular weight excluding hydrogens is 302 g/mol. The van der Waals surface area contributed by atoms with Gasteiger partial charge in [0.1, 0.15) is 5.78 Å². The summed E-state index contributed by atoms with van der Waals surface area (Å²) in [5, 5.41) is 0. The third-order valence-corrected chi connectivity index (χ3v) is 4.68. The molecule has 5 heteroatoms. The number of Topliss-reactive ketones (excluding diaryl/α,β-unsaturated/α-hetero) is 1. The van der Waals surface area contributed by atoms with Gasteiger partial charge < -0.3 is 0 Å². The summed E-state index contributed by atoms with van der Waals surface area (Å²) in [5.74, 6) is 0.281. The second kappa shape index (κ2) is 7.71. The molecule has 0 saturated heterocycles. The number of hydrogen-bond donors (Lipinski definition) is 2. The lowest BCUT2D eigenvalue weighted by atomic mass is 9.65. The molecule has 1 aromatic rings. The molecule has 3 atom stereocenters. The van der Waals surface area contributed by atoms with Crippen molar-refractivity contribution in [3.63, 3.8) is 0 Å². The van der Waals surface area contributed by atoms with Gasteiger partial charge in [0, 0.05) is 36.3 Å². The maximum Gasteiger partial charge on any atom is 0.265 e. The third kappa shape index (κ3) is 4.51. The van der Waals surface area contributed by atoms with Crippen LogP contribution in [0.5, 0.6) is 0 Å². The van der Waals surface area contributed by atoms with Crippen molar-refractivity contribution in [2.75, 3.05) is 0 Å². The van der Waals surface area contributed by atoms with Crippen LogP contribution in [0.1, 0.15) is 50.9 Å². The second-order valence-electron chi connectivity index (χ2n) is 7.36. The predicted octanol–water partition coefficient (Wildman–Crippen LogP) is 2.90. The third-order valence-electron chi connectivity index (χ3n) is 4.68. The summed E-state index contributed by atoms with van der Waals surface area (Å²) in [4.78, 5) is 28.6. The van der Waals surface area contributed by atoms with Crippen LogP contribution >= 0.6 is 0 Å². The molecule has 2 rings (SSSR count). The minimum atomic E-state index is -0.231. The lowest BCUT2D eigenvalue weighted by Crippen LogP contribution is -2.46. The molecule has 2 N–H and O–H groups in total. The number of hydrazine groups is 1. The number of rotatable bonds is 6. The lowest BCUT2D eigenvalue weighted by molar-refractivity contribution is -0.128. The second-order valence-corrected chi connectivity index (χ2v) is 7.36. The van der Waals surface area contributed by atoms with Crippen LogP contribution in [0.3, 0.4) is 0 Å². The molecule has 0 aliphatic heterocycles. The fourth-order valence-electron chi connectivity index (χ4n) is 3.51. The van der Waals surface area contributed by atoms with E-state index in [4.69, 9.17) is 0 Å². The monoisotopic (exact) mass is 329 g/mol. The summed E-state index contributed by atoms with van der Waals surface area (Å²) in [6, 6.07) is 3.16. The van der Waals surface area contributed by atoms with Crippen LogP contribution in [-0.4, -0.2) is 22.7 Å². The molecule has 0 bridgehead atoms. The average Bonchev–Trinajstić information content (AvgIpc) is 2.52. The predicted molar refractivity (Wildman–Crippen MR) is 94.1 cm³/mol. The number of hydrogen-bond acceptors (Lipinski definition) is 4. The number of amides is 1. The van der Waals surface area contributed by atoms with E-state index in [0.29, 0.717) is 12.0 Å². The van der Waals surface area contributed by atoms with E-state index in [9.17, 15) is 9.59 Å². The first-order valence-corrected chi connectivity index (χ1v) is 8.46. The molecule has 0 radical (unpaired) electrons. The summed E-state index contributed by atoms with van der Waals surface area (Å²) >= 11 is 0. The first-order valence-electron chi connectivity index (χ1n) is 8.46. The zero-order valence-corrected chi connectivity index (χ0v) is 14.9. The highest BCUT2D eigenvalue weighted by molar-refractivity contribution is 5.93. The van der Waals surface area contributed by atoms with Gasteiger partial charge in [-0.25, -0.2) is 5.43 Å². The van der Waals surface area contributed by atoms with Gasteiger partial charge in [-0.15, -0.1) is 0 Å². The van der Waals surface area contributed by atoms with E-state index in [2.05, 4.69) is 48.8 Å². The first-order chi connectivity index (χ1) is 11.3. The Morgan fingerprint density at radius 2 is 2.00 bits per heavy atom. The summed E-state index contributed by atoms with van der Waals surface area (Å²) in [6.07, 6.45) is 8.77. The zero-order chi connectivity index (χ0) is 17.7. The molecule has 0 unspecified atom stereocenters. The summed E-state index contributed by atoms with van der Waals surface area (Å²) in [7, 11) is 0. The molecule has 5 nitrogen and oxygen atoms in total. The van der Waals surface area contributed by atoms with Crippen LogP contribution in [0.25, 0.3) is 0 Å². The van der Waals surface area contributed by atoms with Crippen molar-refractivity contribution in [2.24, 2.45) is 17.3 Å². The molecule has 1 amide bonds. The van der Waals surface area contributed by atoms with Crippen molar-refractivity contribution in [2.45, 2.75) is 46.6 Å². The quantitative estimate of drug-likeness (QED) is 0.622. The molecule has 1 aliphatic rings. The van der Waals surface area contributed by atoms with Crippen LogP contribution in [0.15, 0.2) is 36.7 Å². The van der Waals surface area contributed by atoms with Gasteiger partial charge in [-0.05, 0) is 36.8 Å². The number of nitrogens with zero attached hydrogens (tertiary/aromatic N) is 1. The normalized spacial score (nSPS) is 23.5. The zero-order valence-electron chi connectivity index (χ0n) is 14.9. The largest absolute Gasteiger partial charge is 0.299 e.